The van der Waals surface area contributed by atoms with Gasteiger partial charge in [0.05, 0.1) is 11.5 Å². The number of aromatic nitrogens is 1. The number of nitrogens with zero attached hydrogens (tertiary/aromatic N) is 2. The van der Waals surface area contributed by atoms with Crippen LogP contribution in [-0.2, 0) is 4.79 Å². The van der Waals surface area contributed by atoms with Gasteiger partial charge in [-0.15, -0.1) is 0 Å². The van der Waals surface area contributed by atoms with Crippen molar-refractivity contribution in [3.8, 4) is 0 Å². The maximum atomic E-state index is 10.6. The predicted octanol–water partition coefficient (Wildman–Crippen LogP) is -0.444. The first-order valence-electron chi connectivity index (χ1n) is 4.74. The van der Waals surface area contributed by atoms with Gasteiger partial charge in [-0.3, -0.25) is 14.9 Å². The second kappa shape index (κ2) is 5.21. The van der Waals surface area contributed by atoms with Crippen molar-refractivity contribution in [3.63, 3.8) is 0 Å². The molecular weight excluding hydrogens is 228 g/mol. The number of nitrogens with two attached hydrogens (primary N) is 1. The van der Waals surface area contributed by atoms with Gasteiger partial charge < -0.3 is 16.2 Å². The lowest BCUT2D eigenvalue weighted by molar-refractivity contribution is -0.385. The molecule has 4 N–H and O–H groups in total. The Hall–Kier alpha value is -2.22. The number of pyridine rings is 1. The molecule has 0 aliphatic rings. The Morgan fingerprint density at radius 1 is 1.76 bits per heavy atom. The Bertz CT molecular complexity index is 449. The standard InChI is InChI=1S/C9H12N4O4/c1-5-2-6(13(16)17)3-11-9(5)12-4-7(14)8(10)15/h2-3,7,14H,4H2,1H3,(H2,10,15)(H,11,12). The van der Waals surface area contributed by atoms with Gasteiger partial charge in [0, 0.05) is 6.07 Å². The quantitative estimate of drug-likeness (QED) is 0.472. The van der Waals surface area contributed by atoms with Gasteiger partial charge in [0.1, 0.15) is 18.1 Å². The molecule has 0 aliphatic carbocycles. The monoisotopic (exact) mass is 240 g/mol. The fourth-order valence-corrected chi connectivity index (χ4v) is 1.14. The number of amides is 1. The van der Waals surface area contributed by atoms with Crippen LogP contribution in [0.4, 0.5) is 11.5 Å². The van der Waals surface area contributed by atoms with Gasteiger partial charge in [-0.2, -0.15) is 0 Å². The minimum Gasteiger partial charge on any atom is -0.381 e. The Balaban J connectivity index is 2.73. The van der Waals surface area contributed by atoms with Crippen LogP contribution in [0.2, 0.25) is 0 Å². The number of rotatable bonds is 5. The maximum Gasteiger partial charge on any atom is 0.287 e. The molecule has 1 atom stereocenters. The lowest BCUT2D eigenvalue weighted by atomic mass is 10.2. The number of nitro groups is 1. The van der Waals surface area contributed by atoms with Crippen LogP contribution in [0.15, 0.2) is 12.3 Å². The van der Waals surface area contributed by atoms with Crippen LogP contribution < -0.4 is 11.1 Å². The number of aliphatic hydroxyl groups is 1. The first-order chi connectivity index (χ1) is 7.91. The molecule has 1 heterocycles. The second-order valence-corrected chi connectivity index (χ2v) is 3.42. The molecule has 0 saturated heterocycles. The molecule has 0 saturated carbocycles. The Kier molecular flexibility index (Phi) is 3.94. The van der Waals surface area contributed by atoms with Crippen LogP contribution >= 0.6 is 0 Å². The minimum atomic E-state index is -1.33. The lowest BCUT2D eigenvalue weighted by Crippen LogP contribution is -2.34. The molecule has 0 fully saturated rings. The van der Waals surface area contributed by atoms with Crippen molar-refractivity contribution in [3.05, 3.63) is 27.9 Å². The van der Waals surface area contributed by atoms with Crippen molar-refractivity contribution in [1.82, 2.24) is 4.98 Å². The average Bonchev–Trinajstić information content (AvgIpc) is 2.26. The molecule has 1 aromatic rings. The van der Waals surface area contributed by atoms with Crippen LogP contribution in [0.1, 0.15) is 5.56 Å². The third-order valence-electron chi connectivity index (χ3n) is 2.07. The summed E-state index contributed by atoms with van der Waals surface area (Å²) in [6.07, 6.45) is -0.238. The van der Waals surface area contributed by atoms with Crippen LogP contribution in [0.25, 0.3) is 0 Å². The van der Waals surface area contributed by atoms with E-state index in [1.807, 2.05) is 0 Å². The number of carbonyl (C=O) groups excluding carboxylic acids is 1. The van der Waals surface area contributed by atoms with E-state index in [1.54, 1.807) is 6.92 Å². The summed E-state index contributed by atoms with van der Waals surface area (Å²) in [4.78, 5) is 24.3. The molecule has 1 unspecified atom stereocenters. The largest absolute Gasteiger partial charge is 0.381 e. The summed E-state index contributed by atoms with van der Waals surface area (Å²) >= 11 is 0. The molecule has 1 amide bonds. The normalized spacial score (nSPS) is 11.9. The number of hydrogen-bond donors (Lipinski definition) is 3. The van der Waals surface area contributed by atoms with Crippen molar-refractivity contribution in [1.29, 1.82) is 0 Å². The number of nitrogens with one attached hydrogen (secondary N) is 1. The topological polar surface area (TPSA) is 131 Å². The highest BCUT2D eigenvalue weighted by atomic mass is 16.6. The number of hydrogen-bond acceptors (Lipinski definition) is 6. The second-order valence-electron chi connectivity index (χ2n) is 3.42. The van der Waals surface area contributed by atoms with Crippen molar-refractivity contribution >= 4 is 17.4 Å². The fourth-order valence-electron chi connectivity index (χ4n) is 1.14. The highest BCUT2D eigenvalue weighted by Gasteiger charge is 2.13. The van der Waals surface area contributed by atoms with Crippen molar-refractivity contribution < 1.29 is 14.8 Å². The average molecular weight is 240 g/mol. The molecule has 0 bridgehead atoms. The van der Waals surface area contributed by atoms with Gasteiger partial charge in [-0.1, -0.05) is 0 Å². The number of aryl methyl sites for hydroxylation is 1. The zero-order valence-corrected chi connectivity index (χ0v) is 9.08. The van der Waals surface area contributed by atoms with Gasteiger partial charge in [0.25, 0.3) is 5.69 Å². The highest BCUT2D eigenvalue weighted by Crippen LogP contribution is 2.17. The number of primary amides is 1. The molecule has 0 aromatic carbocycles. The minimum absolute atomic E-state index is 0.0962. The van der Waals surface area contributed by atoms with Gasteiger partial charge in [-0.25, -0.2) is 4.98 Å². The zero-order chi connectivity index (χ0) is 13.0. The highest BCUT2D eigenvalue weighted by molar-refractivity contribution is 5.79. The van der Waals surface area contributed by atoms with E-state index in [0.717, 1.165) is 6.20 Å². The van der Waals surface area contributed by atoms with Crippen molar-refractivity contribution in [2.75, 3.05) is 11.9 Å². The number of aliphatic hydroxyl groups excluding tert-OH is 1. The molecule has 0 aliphatic heterocycles. The predicted molar refractivity (Wildman–Crippen MR) is 59.3 cm³/mol. The van der Waals surface area contributed by atoms with Crippen LogP contribution in [-0.4, -0.2) is 33.6 Å². The van der Waals surface area contributed by atoms with E-state index >= 15 is 0 Å². The van der Waals surface area contributed by atoms with Crippen molar-refractivity contribution in [2.45, 2.75) is 13.0 Å². The lowest BCUT2D eigenvalue weighted by Gasteiger charge is -2.10. The smallest absolute Gasteiger partial charge is 0.287 e. The molecule has 1 rings (SSSR count). The summed E-state index contributed by atoms with van der Waals surface area (Å²) in [5, 5.41) is 22.3. The van der Waals surface area contributed by atoms with Gasteiger partial charge in [-0.05, 0) is 12.5 Å². The zero-order valence-electron chi connectivity index (χ0n) is 9.08. The van der Waals surface area contributed by atoms with Gasteiger partial charge >= 0.3 is 0 Å². The third-order valence-corrected chi connectivity index (χ3v) is 2.07. The SMILES string of the molecule is Cc1cc([N+](=O)[O-])cnc1NCC(O)C(N)=O. The number of anilines is 1. The summed E-state index contributed by atoms with van der Waals surface area (Å²) in [6, 6.07) is 1.34. The van der Waals surface area contributed by atoms with Crippen LogP contribution in [0, 0.1) is 17.0 Å². The van der Waals surface area contributed by atoms with E-state index in [2.05, 4.69) is 10.3 Å². The Morgan fingerprint density at radius 3 is 2.88 bits per heavy atom. The molecule has 0 spiro atoms. The molecule has 17 heavy (non-hydrogen) atoms. The maximum absolute atomic E-state index is 10.6. The summed E-state index contributed by atoms with van der Waals surface area (Å²) in [5.74, 6) is -0.493. The summed E-state index contributed by atoms with van der Waals surface area (Å²) < 4.78 is 0. The summed E-state index contributed by atoms with van der Waals surface area (Å²) in [6.45, 7) is 1.53. The first-order valence-corrected chi connectivity index (χ1v) is 4.74. The Morgan fingerprint density at radius 2 is 2.41 bits per heavy atom. The van der Waals surface area contributed by atoms with E-state index < -0.39 is 16.9 Å². The third kappa shape index (κ3) is 3.38. The summed E-state index contributed by atoms with van der Waals surface area (Å²) in [5.41, 5.74) is 5.28. The summed E-state index contributed by atoms with van der Waals surface area (Å²) in [7, 11) is 0. The van der Waals surface area contributed by atoms with E-state index in [4.69, 9.17) is 10.8 Å². The Labute approximate surface area is 96.6 Å². The van der Waals surface area contributed by atoms with E-state index in [-0.39, 0.29) is 12.2 Å². The number of carbonyl (C=O) groups is 1. The van der Waals surface area contributed by atoms with Crippen LogP contribution in [0.5, 0.6) is 0 Å². The molecular formula is C9H12N4O4. The molecule has 8 nitrogen and oxygen atoms in total. The van der Waals surface area contributed by atoms with Gasteiger partial charge in [0.15, 0.2) is 0 Å². The van der Waals surface area contributed by atoms with E-state index in [9.17, 15) is 14.9 Å². The fraction of sp³-hybridized carbons (Fsp3) is 0.333. The molecule has 92 valence electrons. The first kappa shape index (κ1) is 12.8. The molecule has 0 radical (unpaired) electrons. The molecule has 1 aromatic heterocycles. The van der Waals surface area contributed by atoms with Gasteiger partial charge in [0.2, 0.25) is 5.91 Å². The molecule has 8 heteroatoms. The van der Waals surface area contributed by atoms with E-state index in [0.29, 0.717) is 11.4 Å². The van der Waals surface area contributed by atoms with Crippen LogP contribution in [0.3, 0.4) is 0 Å². The van der Waals surface area contributed by atoms with E-state index in [1.165, 1.54) is 6.07 Å². The van der Waals surface area contributed by atoms with Crippen molar-refractivity contribution in [2.24, 2.45) is 5.73 Å².